The molecule has 0 aliphatic carbocycles. The molecule has 0 aliphatic rings. The van der Waals surface area contributed by atoms with Crippen molar-refractivity contribution in [1.82, 2.24) is 0 Å². The molecular weight excluding hydrogens is 937 g/mol. The lowest BCUT2D eigenvalue weighted by molar-refractivity contribution is -0.167. The smallest absolute Gasteiger partial charge is 0.306 e. The molecule has 6 nitrogen and oxygen atoms in total. The van der Waals surface area contributed by atoms with Gasteiger partial charge in [0.25, 0.3) is 0 Å². The maximum absolute atomic E-state index is 12.9. The molecule has 0 fully saturated rings. The van der Waals surface area contributed by atoms with E-state index in [0.29, 0.717) is 19.3 Å². The summed E-state index contributed by atoms with van der Waals surface area (Å²) in [6.45, 7) is 6.48. The van der Waals surface area contributed by atoms with Crippen molar-refractivity contribution in [2.24, 2.45) is 0 Å². The zero-order valence-corrected chi connectivity index (χ0v) is 49.7. The van der Waals surface area contributed by atoms with Crippen molar-refractivity contribution in [2.45, 2.75) is 303 Å². The number of rotatable bonds is 57. The lowest BCUT2D eigenvalue weighted by Crippen LogP contribution is -2.30. The fourth-order valence-electron chi connectivity index (χ4n) is 8.71. The van der Waals surface area contributed by atoms with Crippen LogP contribution in [-0.4, -0.2) is 37.2 Å². The van der Waals surface area contributed by atoms with Gasteiger partial charge in [-0.3, -0.25) is 14.4 Å². The highest BCUT2D eigenvalue weighted by atomic mass is 16.6. The van der Waals surface area contributed by atoms with Crippen molar-refractivity contribution in [1.29, 1.82) is 0 Å². The number of hydrogen-bond acceptors (Lipinski definition) is 6. The van der Waals surface area contributed by atoms with Gasteiger partial charge >= 0.3 is 17.9 Å². The Balaban J connectivity index is 4.44. The summed E-state index contributed by atoms with van der Waals surface area (Å²) in [6.07, 6.45) is 86.5. The minimum Gasteiger partial charge on any atom is -0.462 e. The van der Waals surface area contributed by atoms with Crippen molar-refractivity contribution < 1.29 is 28.6 Å². The van der Waals surface area contributed by atoms with Crippen LogP contribution in [0.3, 0.4) is 0 Å². The molecule has 0 amide bonds. The number of hydrogen-bond donors (Lipinski definition) is 0. The van der Waals surface area contributed by atoms with E-state index < -0.39 is 6.10 Å². The summed E-state index contributed by atoms with van der Waals surface area (Å²) >= 11 is 0. The molecule has 0 aromatic rings. The second-order valence-corrected chi connectivity index (χ2v) is 20.9. The molecule has 0 bridgehead atoms. The Hall–Kier alpha value is -3.93. The first-order chi connectivity index (χ1) is 37.5. The first-order valence-electron chi connectivity index (χ1n) is 31.9. The molecule has 0 saturated heterocycles. The highest BCUT2D eigenvalue weighted by Crippen LogP contribution is 2.15. The first-order valence-corrected chi connectivity index (χ1v) is 31.9. The summed E-state index contributed by atoms with van der Waals surface area (Å²) in [7, 11) is 0. The average Bonchev–Trinajstić information content (AvgIpc) is 3.42. The van der Waals surface area contributed by atoms with Crippen LogP contribution in [0, 0.1) is 0 Å². The molecule has 76 heavy (non-hydrogen) atoms. The Morgan fingerprint density at radius 3 is 0.816 bits per heavy atom. The second kappa shape index (κ2) is 63.6. The molecule has 0 aromatic heterocycles. The summed E-state index contributed by atoms with van der Waals surface area (Å²) in [6, 6.07) is 0. The maximum atomic E-state index is 12.9. The number of ether oxygens (including phenoxy) is 3. The Kier molecular flexibility index (Phi) is 60.3. The van der Waals surface area contributed by atoms with E-state index in [9.17, 15) is 14.4 Å². The largest absolute Gasteiger partial charge is 0.462 e. The Morgan fingerprint density at radius 2 is 0.513 bits per heavy atom. The van der Waals surface area contributed by atoms with Gasteiger partial charge in [-0.25, -0.2) is 0 Å². The van der Waals surface area contributed by atoms with E-state index >= 15 is 0 Å². The minimum absolute atomic E-state index is 0.0942. The summed E-state index contributed by atoms with van der Waals surface area (Å²) in [5.74, 6) is -0.927. The van der Waals surface area contributed by atoms with Gasteiger partial charge in [-0.05, 0) is 128 Å². The molecule has 0 aromatic carbocycles. The van der Waals surface area contributed by atoms with E-state index in [1.165, 1.54) is 128 Å². The Labute approximate surface area is 470 Å². The fourth-order valence-corrected chi connectivity index (χ4v) is 8.71. The normalized spacial score (nSPS) is 12.8. The predicted octanol–water partition coefficient (Wildman–Crippen LogP) is 21.8. The summed E-state index contributed by atoms with van der Waals surface area (Å²) < 4.78 is 16.9. The van der Waals surface area contributed by atoms with E-state index in [-0.39, 0.29) is 31.1 Å². The molecule has 0 N–H and O–H groups in total. The molecule has 0 heterocycles. The van der Waals surface area contributed by atoms with Crippen molar-refractivity contribution in [3.05, 3.63) is 109 Å². The van der Waals surface area contributed by atoms with Crippen LogP contribution in [0.15, 0.2) is 109 Å². The van der Waals surface area contributed by atoms with Crippen molar-refractivity contribution >= 4 is 17.9 Å². The van der Waals surface area contributed by atoms with Crippen LogP contribution in [0.5, 0.6) is 0 Å². The van der Waals surface area contributed by atoms with Crippen LogP contribution in [-0.2, 0) is 28.6 Å². The minimum atomic E-state index is -0.800. The molecule has 0 spiro atoms. The molecule has 0 aliphatic heterocycles. The van der Waals surface area contributed by atoms with Gasteiger partial charge in [0.05, 0.1) is 0 Å². The Morgan fingerprint density at radius 1 is 0.276 bits per heavy atom. The molecule has 0 saturated carbocycles. The summed E-state index contributed by atoms with van der Waals surface area (Å²) in [4.78, 5) is 38.3. The van der Waals surface area contributed by atoms with Crippen LogP contribution in [0.25, 0.3) is 0 Å². The van der Waals surface area contributed by atoms with Gasteiger partial charge < -0.3 is 14.2 Å². The number of allylic oxidation sites excluding steroid dienone is 18. The third-order valence-corrected chi connectivity index (χ3v) is 13.5. The molecule has 6 heteroatoms. The van der Waals surface area contributed by atoms with Crippen LogP contribution in [0.4, 0.5) is 0 Å². The van der Waals surface area contributed by atoms with Gasteiger partial charge in [-0.1, -0.05) is 259 Å². The highest BCUT2D eigenvalue weighted by Gasteiger charge is 2.19. The monoisotopic (exact) mass is 1050 g/mol. The standard InChI is InChI=1S/C70H118O6/c1-4-7-10-13-16-19-22-25-28-31-33-34-35-36-37-40-42-45-48-51-54-57-60-63-69(72)75-66-67(65-74-68(71)62-59-56-53-50-47-44-41-38-30-27-24-21-18-15-12-9-6-3)76-70(73)64-61-58-55-52-49-46-43-39-32-29-26-23-20-17-14-11-8-5-2/h9,12,18,20-23,25,27,29-33,35-36,41,44,67H,4-8,10-11,13-17,19,24,26,28,34,37-40,42-43,45-66H2,1-3H3/b12-9-,21-18-,23-20-,25-22-,30-27-,32-29-,33-31-,36-35-,44-41-. The average molecular weight is 1060 g/mol. The van der Waals surface area contributed by atoms with Gasteiger partial charge in [-0.15, -0.1) is 0 Å². The van der Waals surface area contributed by atoms with E-state index in [4.69, 9.17) is 14.2 Å². The first kappa shape index (κ1) is 72.1. The lowest BCUT2D eigenvalue weighted by Gasteiger charge is -2.18. The van der Waals surface area contributed by atoms with Crippen LogP contribution < -0.4 is 0 Å². The summed E-state index contributed by atoms with van der Waals surface area (Å²) in [5.41, 5.74) is 0. The quantitative estimate of drug-likeness (QED) is 0.0261. The van der Waals surface area contributed by atoms with E-state index in [0.717, 1.165) is 128 Å². The Bertz CT molecular complexity index is 1540. The van der Waals surface area contributed by atoms with E-state index in [1.54, 1.807) is 0 Å². The molecule has 0 radical (unpaired) electrons. The third-order valence-electron chi connectivity index (χ3n) is 13.5. The van der Waals surface area contributed by atoms with Gasteiger partial charge in [0.2, 0.25) is 0 Å². The van der Waals surface area contributed by atoms with Gasteiger partial charge in [0.1, 0.15) is 13.2 Å². The maximum Gasteiger partial charge on any atom is 0.306 e. The van der Waals surface area contributed by atoms with Gasteiger partial charge in [0.15, 0.2) is 6.10 Å². The zero-order chi connectivity index (χ0) is 55.0. The number of carbonyl (C=O) groups excluding carboxylic acids is 3. The molecular formula is C70H118O6. The van der Waals surface area contributed by atoms with Crippen LogP contribution in [0.2, 0.25) is 0 Å². The number of unbranched alkanes of at least 4 members (excludes halogenated alkanes) is 28. The predicted molar refractivity (Wildman–Crippen MR) is 330 cm³/mol. The third kappa shape index (κ3) is 60.9. The topological polar surface area (TPSA) is 78.9 Å². The van der Waals surface area contributed by atoms with Crippen molar-refractivity contribution in [2.75, 3.05) is 13.2 Å². The highest BCUT2D eigenvalue weighted by molar-refractivity contribution is 5.71. The van der Waals surface area contributed by atoms with Gasteiger partial charge in [0, 0.05) is 19.3 Å². The van der Waals surface area contributed by atoms with Gasteiger partial charge in [-0.2, -0.15) is 0 Å². The van der Waals surface area contributed by atoms with Crippen LogP contribution in [0.1, 0.15) is 297 Å². The molecule has 0 rings (SSSR count). The van der Waals surface area contributed by atoms with E-state index in [2.05, 4.69) is 130 Å². The fraction of sp³-hybridized carbons (Fsp3) is 0.700. The summed E-state index contributed by atoms with van der Waals surface area (Å²) in [5, 5.41) is 0. The van der Waals surface area contributed by atoms with Crippen LogP contribution >= 0.6 is 0 Å². The number of esters is 3. The zero-order valence-electron chi connectivity index (χ0n) is 49.7. The second-order valence-electron chi connectivity index (χ2n) is 20.9. The molecule has 1 unspecified atom stereocenters. The SMILES string of the molecule is CC/C=C\C/C=C\C/C=C\C/C=C\CCCCCCC(=O)OCC(COC(=O)CCCCCCCCCC/C=C\C/C=C\C/C=C\CCCCCCC)OC(=O)CCCCCCCCC/C=C\C/C=C\CCCCCC. The number of carbonyl (C=O) groups is 3. The van der Waals surface area contributed by atoms with Crippen molar-refractivity contribution in [3.63, 3.8) is 0 Å². The lowest BCUT2D eigenvalue weighted by atomic mass is 10.1. The molecule has 1 atom stereocenters. The van der Waals surface area contributed by atoms with Crippen molar-refractivity contribution in [3.8, 4) is 0 Å². The molecule has 434 valence electrons. The van der Waals surface area contributed by atoms with E-state index in [1.807, 2.05) is 0 Å².